The molecule has 6 nitrogen and oxygen atoms in total. The number of aliphatic hydroxyl groups is 1. The van der Waals surface area contributed by atoms with Crippen LogP contribution in [-0.4, -0.2) is 47.6 Å². The number of aryl methyl sites for hydroxylation is 1. The van der Waals surface area contributed by atoms with Gasteiger partial charge in [-0.3, -0.25) is 0 Å². The third-order valence-electron chi connectivity index (χ3n) is 3.35. The molecule has 1 heterocycles. The number of carboxylic acids is 1. The summed E-state index contributed by atoms with van der Waals surface area (Å²) < 4.78 is 26.1. The Morgan fingerprint density at radius 2 is 2.00 bits per heavy atom. The zero-order valence-electron chi connectivity index (χ0n) is 11.3. The van der Waals surface area contributed by atoms with Gasteiger partial charge in [0.15, 0.2) is 0 Å². The summed E-state index contributed by atoms with van der Waals surface area (Å²) in [4.78, 5) is 11.0. The fourth-order valence-electron chi connectivity index (χ4n) is 2.24. The van der Waals surface area contributed by atoms with E-state index >= 15 is 0 Å². The van der Waals surface area contributed by atoms with Crippen molar-refractivity contribution < 1.29 is 23.4 Å². The number of nitrogens with zero attached hydrogens (tertiary/aromatic N) is 1. The normalized spacial score (nSPS) is 18.6. The summed E-state index contributed by atoms with van der Waals surface area (Å²) in [5, 5.41) is 18.6. The molecule has 20 heavy (non-hydrogen) atoms. The SMILES string of the molecule is CCc1ccc(C(=O)O)cc1S(=O)(=O)N1CC(C)(O)C1. The van der Waals surface area contributed by atoms with Crippen LogP contribution in [0.3, 0.4) is 0 Å². The Labute approximate surface area is 117 Å². The van der Waals surface area contributed by atoms with Crippen LogP contribution < -0.4 is 0 Å². The third-order valence-corrected chi connectivity index (χ3v) is 5.22. The highest BCUT2D eigenvalue weighted by molar-refractivity contribution is 7.89. The van der Waals surface area contributed by atoms with Crippen LogP contribution in [0.5, 0.6) is 0 Å². The van der Waals surface area contributed by atoms with Gasteiger partial charge in [0.2, 0.25) is 10.0 Å². The van der Waals surface area contributed by atoms with Crippen LogP contribution in [0.15, 0.2) is 23.1 Å². The molecule has 0 aliphatic carbocycles. The van der Waals surface area contributed by atoms with E-state index in [1.807, 2.05) is 0 Å². The van der Waals surface area contributed by atoms with E-state index in [9.17, 15) is 18.3 Å². The molecule has 0 saturated carbocycles. The average Bonchev–Trinajstić information content (AvgIpc) is 2.34. The lowest BCUT2D eigenvalue weighted by Gasteiger charge is -2.43. The van der Waals surface area contributed by atoms with Gasteiger partial charge in [-0.25, -0.2) is 13.2 Å². The zero-order chi connectivity index (χ0) is 15.1. The van der Waals surface area contributed by atoms with E-state index in [0.29, 0.717) is 12.0 Å². The second-order valence-corrected chi connectivity index (χ2v) is 7.16. The number of carbonyl (C=O) groups is 1. The predicted molar refractivity (Wildman–Crippen MR) is 72.2 cm³/mol. The summed E-state index contributed by atoms with van der Waals surface area (Å²) >= 11 is 0. The van der Waals surface area contributed by atoms with Crippen molar-refractivity contribution in [3.8, 4) is 0 Å². The van der Waals surface area contributed by atoms with Gasteiger partial charge in [-0.15, -0.1) is 0 Å². The van der Waals surface area contributed by atoms with Crippen molar-refractivity contribution in [2.45, 2.75) is 30.8 Å². The molecule has 1 aliphatic heterocycles. The maximum absolute atomic E-state index is 12.5. The van der Waals surface area contributed by atoms with Gasteiger partial charge in [0, 0.05) is 13.1 Å². The molecule has 0 unspecified atom stereocenters. The van der Waals surface area contributed by atoms with Gasteiger partial charge in [-0.2, -0.15) is 4.31 Å². The summed E-state index contributed by atoms with van der Waals surface area (Å²) in [5.74, 6) is -1.17. The Balaban J connectivity index is 2.45. The van der Waals surface area contributed by atoms with E-state index in [1.165, 1.54) is 18.2 Å². The second kappa shape index (κ2) is 4.83. The molecular formula is C13H17NO5S. The van der Waals surface area contributed by atoms with Crippen molar-refractivity contribution in [3.05, 3.63) is 29.3 Å². The number of hydrogen-bond acceptors (Lipinski definition) is 4. The quantitative estimate of drug-likeness (QED) is 0.853. The lowest BCUT2D eigenvalue weighted by molar-refractivity contribution is -0.0426. The van der Waals surface area contributed by atoms with Crippen LogP contribution in [0, 0.1) is 0 Å². The third kappa shape index (κ3) is 2.56. The van der Waals surface area contributed by atoms with Gasteiger partial charge in [0.05, 0.1) is 16.1 Å². The highest BCUT2D eigenvalue weighted by Gasteiger charge is 2.44. The van der Waals surface area contributed by atoms with Crippen LogP contribution in [-0.2, 0) is 16.4 Å². The number of aromatic carboxylic acids is 1. The summed E-state index contributed by atoms with van der Waals surface area (Å²) in [6.45, 7) is 3.42. The maximum Gasteiger partial charge on any atom is 0.335 e. The minimum atomic E-state index is -3.76. The Morgan fingerprint density at radius 3 is 2.45 bits per heavy atom. The number of benzene rings is 1. The Morgan fingerprint density at radius 1 is 1.40 bits per heavy atom. The van der Waals surface area contributed by atoms with Crippen molar-refractivity contribution >= 4 is 16.0 Å². The Bertz CT molecular complexity index is 643. The minimum Gasteiger partial charge on any atom is -0.478 e. The highest BCUT2D eigenvalue weighted by Crippen LogP contribution is 2.30. The van der Waals surface area contributed by atoms with Crippen molar-refractivity contribution in [1.82, 2.24) is 4.31 Å². The highest BCUT2D eigenvalue weighted by atomic mass is 32.2. The van der Waals surface area contributed by atoms with Gasteiger partial charge in [-0.05, 0) is 31.0 Å². The molecular weight excluding hydrogens is 282 g/mol. The van der Waals surface area contributed by atoms with E-state index in [-0.39, 0.29) is 23.5 Å². The number of β-amino-alcohol motifs (C(OH)–C–C–N with tert-alkyl or cyclic N) is 1. The van der Waals surface area contributed by atoms with Crippen molar-refractivity contribution in [2.24, 2.45) is 0 Å². The topological polar surface area (TPSA) is 94.9 Å². The van der Waals surface area contributed by atoms with E-state index in [1.54, 1.807) is 13.8 Å². The maximum atomic E-state index is 12.5. The molecule has 0 radical (unpaired) electrons. The average molecular weight is 299 g/mol. The van der Waals surface area contributed by atoms with Crippen LogP contribution >= 0.6 is 0 Å². The van der Waals surface area contributed by atoms with Crippen LogP contribution in [0.1, 0.15) is 29.8 Å². The molecule has 0 atom stereocenters. The van der Waals surface area contributed by atoms with Crippen LogP contribution in [0.25, 0.3) is 0 Å². The fourth-order valence-corrected chi connectivity index (χ4v) is 4.24. The number of carboxylic acid groups (broad SMARTS) is 1. The van der Waals surface area contributed by atoms with Gasteiger partial charge in [-0.1, -0.05) is 13.0 Å². The predicted octanol–water partition coefficient (Wildman–Crippen LogP) is 0.703. The van der Waals surface area contributed by atoms with E-state index in [0.717, 1.165) is 4.31 Å². The van der Waals surface area contributed by atoms with Crippen molar-refractivity contribution in [2.75, 3.05) is 13.1 Å². The smallest absolute Gasteiger partial charge is 0.335 e. The largest absolute Gasteiger partial charge is 0.478 e. The first-order valence-corrected chi connectivity index (χ1v) is 7.70. The molecule has 1 fully saturated rings. The molecule has 0 bridgehead atoms. The van der Waals surface area contributed by atoms with E-state index in [4.69, 9.17) is 5.11 Å². The molecule has 1 aliphatic rings. The van der Waals surface area contributed by atoms with Crippen molar-refractivity contribution in [1.29, 1.82) is 0 Å². The monoisotopic (exact) mass is 299 g/mol. The molecule has 1 saturated heterocycles. The Hall–Kier alpha value is -1.44. The molecule has 1 aromatic carbocycles. The summed E-state index contributed by atoms with van der Waals surface area (Å²) in [6, 6.07) is 4.10. The van der Waals surface area contributed by atoms with Crippen LogP contribution in [0.4, 0.5) is 0 Å². The summed E-state index contributed by atoms with van der Waals surface area (Å²) in [6.07, 6.45) is 0.485. The standard InChI is InChI=1S/C13H17NO5S/c1-3-9-4-5-10(12(15)16)6-11(9)20(18,19)14-7-13(2,17)8-14/h4-6,17H,3,7-8H2,1-2H3,(H,15,16). The van der Waals surface area contributed by atoms with Crippen LogP contribution in [0.2, 0.25) is 0 Å². The summed E-state index contributed by atoms with van der Waals surface area (Å²) in [7, 11) is -3.76. The second-order valence-electron chi connectivity index (χ2n) is 5.25. The molecule has 0 amide bonds. The molecule has 110 valence electrons. The first-order valence-electron chi connectivity index (χ1n) is 6.26. The number of rotatable bonds is 4. The molecule has 0 aromatic heterocycles. The number of sulfonamides is 1. The first-order chi connectivity index (χ1) is 9.17. The van der Waals surface area contributed by atoms with Gasteiger partial charge < -0.3 is 10.2 Å². The van der Waals surface area contributed by atoms with Gasteiger partial charge in [0.1, 0.15) is 0 Å². The van der Waals surface area contributed by atoms with E-state index in [2.05, 4.69) is 0 Å². The molecule has 7 heteroatoms. The zero-order valence-corrected chi connectivity index (χ0v) is 12.1. The minimum absolute atomic E-state index is 0.00963. The van der Waals surface area contributed by atoms with Gasteiger partial charge in [0.25, 0.3) is 0 Å². The Kier molecular flexibility index (Phi) is 3.62. The van der Waals surface area contributed by atoms with E-state index < -0.39 is 21.6 Å². The van der Waals surface area contributed by atoms with Gasteiger partial charge >= 0.3 is 5.97 Å². The fraction of sp³-hybridized carbons (Fsp3) is 0.462. The molecule has 2 N–H and O–H groups in total. The number of hydrogen-bond donors (Lipinski definition) is 2. The summed E-state index contributed by atoms with van der Waals surface area (Å²) in [5.41, 5.74) is -0.501. The molecule has 2 rings (SSSR count). The lowest BCUT2D eigenvalue weighted by atomic mass is 10.0. The van der Waals surface area contributed by atoms with Crippen molar-refractivity contribution in [3.63, 3.8) is 0 Å². The first kappa shape index (κ1) is 15.0. The molecule has 0 spiro atoms. The molecule has 1 aromatic rings. The lowest BCUT2D eigenvalue weighted by Crippen LogP contribution is -2.61.